The number of amidine groups is 1. The van der Waals surface area contributed by atoms with Crippen LogP contribution in [0.2, 0.25) is 0 Å². The molecule has 0 bridgehead atoms. The van der Waals surface area contributed by atoms with Gasteiger partial charge < -0.3 is 16.5 Å². The van der Waals surface area contributed by atoms with Gasteiger partial charge in [0.25, 0.3) is 0 Å². The number of nitrogens with zero attached hydrogens (tertiary/aromatic N) is 1. The maximum atomic E-state index is 10.5. The van der Waals surface area contributed by atoms with E-state index < -0.39 is 0 Å². The molecule has 56 valence electrons. The molecule has 0 aliphatic carbocycles. The first-order chi connectivity index (χ1) is 4.18. The highest BCUT2D eigenvalue weighted by Crippen LogP contribution is 1.90. The lowest BCUT2D eigenvalue weighted by atomic mass is 10.3. The third-order valence-electron chi connectivity index (χ3n) is 0.833. The number of hydrogen-bond donors (Lipinski definition) is 2. The van der Waals surface area contributed by atoms with Crippen LogP contribution in [-0.4, -0.2) is 22.3 Å². The van der Waals surface area contributed by atoms with Crippen molar-refractivity contribution in [2.75, 3.05) is 0 Å². The highest BCUT2D eigenvalue weighted by Gasteiger charge is 2.11. The van der Waals surface area contributed by atoms with Crippen LogP contribution in [0.3, 0.4) is 0 Å². The van der Waals surface area contributed by atoms with E-state index in [1.165, 1.54) is 0 Å². The van der Waals surface area contributed by atoms with Crippen molar-refractivity contribution in [2.24, 2.45) is 10.7 Å². The summed E-state index contributed by atoms with van der Waals surface area (Å²) in [5.74, 6) is 0.0938. The minimum absolute atomic E-state index is 0. The molecule has 1 heterocycles. The Bertz CT molecular complexity index is 201. The first kappa shape index (κ1) is 8.99. The minimum Gasteiger partial charge on any atom is -0.412 e. The molecule has 0 aromatic rings. The second-order valence-electron chi connectivity index (χ2n) is 1.63. The van der Waals surface area contributed by atoms with E-state index in [1.54, 1.807) is 0 Å². The smallest absolute Gasteiger partial charge is 0.233 e. The van der Waals surface area contributed by atoms with Crippen molar-refractivity contribution < 1.29 is 10.3 Å². The molecule has 5 N–H and O–H groups in total. The highest BCUT2D eigenvalue weighted by molar-refractivity contribution is 7.80. The molecule has 0 radical (unpaired) electrons. The van der Waals surface area contributed by atoms with Crippen LogP contribution in [0.5, 0.6) is 0 Å². The van der Waals surface area contributed by atoms with Crippen LogP contribution < -0.4 is 11.1 Å². The zero-order chi connectivity index (χ0) is 6.85. The summed E-state index contributed by atoms with van der Waals surface area (Å²) in [7, 11) is 0. The summed E-state index contributed by atoms with van der Waals surface area (Å²) in [6.07, 6.45) is 0.153. The Morgan fingerprint density at radius 2 is 2.30 bits per heavy atom. The van der Waals surface area contributed by atoms with Crippen LogP contribution in [-0.2, 0) is 4.79 Å². The lowest BCUT2D eigenvalue weighted by Crippen LogP contribution is -2.37. The maximum Gasteiger partial charge on any atom is 0.233 e. The molecular formula is C4H7N3O2S. The molecule has 10 heavy (non-hydrogen) atoms. The van der Waals surface area contributed by atoms with Crippen molar-refractivity contribution in [1.82, 2.24) is 5.32 Å². The molecule has 0 saturated carbocycles. The lowest BCUT2D eigenvalue weighted by Gasteiger charge is -2.08. The fourth-order valence-corrected chi connectivity index (χ4v) is 0.757. The summed E-state index contributed by atoms with van der Waals surface area (Å²) in [5, 5.41) is 2.49. The number of aliphatic imine (C=N–C) groups is 1. The maximum absolute atomic E-state index is 10.5. The molecule has 0 saturated heterocycles. The summed E-state index contributed by atoms with van der Waals surface area (Å²) in [4.78, 5) is 14.2. The molecule has 0 aromatic carbocycles. The SMILES string of the molecule is NC1=NC(=S)NC(=O)C1.O. The fourth-order valence-electron chi connectivity index (χ4n) is 0.526. The monoisotopic (exact) mass is 161 g/mol. The predicted molar refractivity (Wildman–Crippen MR) is 40.6 cm³/mol. The van der Waals surface area contributed by atoms with Gasteiger partial charge in [0.05, 0.1) is 6.42 Å². The van der Waals surface area contributed by atoms with Crippen molar-refractivity contribution in [3.63, 3.8) is 0 Å². The molecular weight excluding hydrogens is 154 g/mol. The molecule has 6 heteroatoms. The van der Waals surface area contributed by atoms with Gasteiger partial charge in [-0.1, -0.05) is 0 Å². The molecule has 5 nitrogen and oxygen atoms in total. The zero-order valence-corrected chi connectivity index (χ0v) is 5.86. The van der Waals surface area contributed by atoms with Gasteiger partial charge in [0, 0.05) is 0 Å². The molecule has 0 spiro atoms. The summed E-state index contributed by atoms with van der Waals surface area (Å²) >= 11 is 4.56. The molecule has 0 atom stereocenters. The van der Waals surface area contributed by atoms with Crippen LogP contribution in [0.15, 0.2) is 4.99 Å². The average molecular weight is 161 g/mol. The van der Waals surface area contributed by atoms with Gasteiger partial charge in [-0.25, -0.2) is 4.99 Å². The number of carbonyl (C=O) groups excluding carboxylic acids is 1. The van der Waals surface area contributed by atoms with Gasteiger partial charge in [-0.15, -0.1) is 0 Å². The number of nitrogens with one attached hydrogen (secondary N) is 1. The predicted octanol–water partition coefficient (Wildman–Crippen LogP) is -1.68. The summed E-state index contributed by atoms with van der Waals surface area (Å²) in [6, 6.07) is 0. The number of carbonyl (C=O) groups is 1. The Kier molecular flexibility index (Phi) is 2.91. The number of thiocarbonyl (C=S) groups is 1. The number of rotatable bonds is 0. The van der Waals surface area contributed by atoms with Crippen molar-refractivity contribution >= 4 is 29.1 Å². The van der Waals surface area contributed by atoms with Crippen molar-refractivity contribution in [3.05, 3.63) is 0 Å². The van der Waals surface area contributed by atoms with Gasteiger partial charge in [-0.3, -0.25) is 4.79 Å². The first-order valence-electron chi connectivity index (χ1n) is 2.35. The second kappa shape index (κ2) is 3.23. The van der Waals surface area contributed by atoms with Gasteiger partial charge in [-0.05, 0) is 12.2 Å². The van der Waals surface area contributed by atoms with E-state index >= 15 is 0 Å². The molecule has 1 aliphatic heterocycles. The zero-order valence-electron chi connectivity index (χ0n) is 5.05. The normalized spacial score (nSPS) is 17.0. The fraction of sp³-hybridized carbons (Fsp3) is 0.250. The van der Waals surface area contributed by atoms with Crippen LogP contribution >= 0.6 is 12.2 Å². The summed E-state index contributed by atoms with van der Waals surface area (Å²) < 4.78 is 0. The topological polar surface area (TPSA) is 99.0 Å². The van der Waals surface area contributed by atoms with Gasteiger partial charge in [0.2, 0.25) is 11.0 Å². The van der Waals surface area contributed by atoms with Gasteiger partial charge in [0.15, 0.2) is 0 Å². The van der Waals surface area contributed by atoms with E-state index in [2.05, 4.69) is 22.5 Å². The number of nitrogens with two attached hydrogens (primary N) is 1. The quantitative estimate of drug-likeness (QED) is 0.415. The Labute approximate surface area is 62.6 Å². The van der Waals surface area contributed by atoms with Crippen LogP contribution in [0.25, 0.3) is 0 Å². The summed E-state index contributed by atoms with van der Waals surface area (Å²) in [5.41, 5.74) is 5.22. The lowest BCUT2D eigenvalue weighted by molar-refractivity contribution is -0.118. The largest absolute Gasteiger partial charge is 0.412 e. The molecule has 0 aromatic heterocycles. The van der Waals surface area contributed by atoms with Gasteiger partial charge in [0.1, 0.15) is 5.84 Å². The molecule has 1 rings (SSSR count). The molecule has 1 aliphatic rings. The van der Waals surface area contributed by atoms with Crippen LogP contribution in [0, 0.1) is 0 Å². The van der Waals surface area contributed by atoms with E-state index in [0.717, 1.165) is 0 Å². The van der Waals surface area contributed by atoms with E-state index in [4.69, 9.17) is 5.73 Å². The highest BCUT2D eigenvalue weighted by atomic mass is 32.1. The Morgan fingerprint density at radius 1 is 1.70 bits per heavy atom. The van der Waals surface area contributed by atoms with E-state index in [9.17, 15) is 4.79 Å². The van der Waals surface area contributed by atoms with E-state index in [0.29, 0.717) is 0 Å². The van der Waals surface area contributed by atoms with Crippen LogP contribution in [0.4, 0.5) is 0 Å². The summed E-state index contributed by atoms with van der Waals surface area (Å²) in [6.45, 7) is 0. The Balaban J connectivity index is 0.000000810. The van der Waals surface area contributed by atoms with Crippen molar-refractivity contribution in [2.45, 2.75) is 6.42 Å². The molecule has 0 fully saturated rings. The molecule has 0 unspecified atom stereocenters. The molecule has 1 amide bonds. The number of hydrogen-bond acceptors (Lipinski definition) is 3. The standard InChI is InChI=1S/C4H5N3OS.H2O/c5-2-1-3(8)7-4(9)6-2;/h1H2,(H3,5,6,7,8,9);1H2. The minimum atomic E-state index is -0.187. The van der Waals surface area contributed by atoms with Crippen LogP contribution in [0.1, 0.15) is 6.42 Å². The number of amides is 1. The van der Waals surface area contributed by atoms with E-state index in [-0.39, 0.29) is 28.8 Å². The third kappa shape index (κ3) is 2.08. The average Bonchev–Trinajstić information content (AvgIpc) is 1.59. The Hall–Kier alpha value is -1.01. The van der Waals surface area contributed by atoms with Crippen molar-refractivity contribution in [1.29, 1.82) is 0 Å². The van der Waals surface area contributed by atoms with Crippen molar-refractivity contribution in [3.8, 4) is 0 Å². The van der Waals surface area contributed by atoms with Gasteiger partial charge >= 0.3 is 0 Å². The third-order valence-corrected chi connectivity index (χ3v) is 1.03. The first-order valence-corrected chi connectivity index (χ1v) is 2.76. The van der Waals surface area contributed by atoms with E-state index in [1.807, 2.05) is 0 Å². The second-order valence-corrected chi connectivity index (χ2v) is 2.02. The van der Waals surface area contributed by atoms with Gasteiger partial charge in [-0.2, -0.15) is 0 Å². The Morgan fingerprint density at radius 3 is 2.70 bits per heavy atom.